The van der Waals surface area contributed by atoms with Crippen LogP contribution in [0.4, 0.5) is 4.79 Å². The van der Waals surface area contributed by atoms with Gasteiger partial charge >= 0.3 is 12.1 Å². The number of hydrogen-bond acceptors (Lipinski definition) is 5. The van der Waals surface area contributed by atoms with Gasteiger partial charge in [0.2, 0.25) is 0 Å². The van der Waals surface area contributed by atoms with E-state index in [1.165, 1.54) is 13.2 Å². The SMILES string of the molecule is COC(=O)C=Cc1cccc2c1C[C@H](CO[Si](C)(C)C(C)(C)C)N(C(=O)OC(C)(C)C)[C@H]2C. The molecule has 0 unspecified atom stereocenters. The predicted molar refractivity (Wildman–Crippen MR) is 135 cm³/mol. The minimum Gasteiger partial charge on any atom is -0.466 e. The van der Waals surface area contributed by atoms with Gasteiger partial charge in [-0.3, -0.25) is 4.90 Å². The van der Waals surface area contributed by atoms with Crippen molar-refractivity contribution in [3.63, 3.8) is 0 Å². The molecule has 7 heteroatoms. The number of benzene rings is 1. The summed E-state index contributed by atoms with van der Waals surface area (Å²) in [6.07, 6.45) is 3.50. The lowest BCUT2D eigenvalue weighted by molar-refractivity contribution is -0.134. The molecule has 6 nitrogen and oxygen atoms in total. The molecule has 1 amide bonds. The lowest BCUT2D eigenvalue weighted by Crippen LogP contribution is -2.52. The van der Waals surface area contributed by atoms with E-state index in [2.05, 4.69) is 33.9 Å². The van der Waals surface area contributed by atoms with E-state index in [0.717, 1.165) is 16.7 Å². The lowest BCUT2D eigenvalue weighted by Gasteiger charge is -2.44. The zero-order chi connectivity index (χ0) is 25.2. The Kier molecular flexibility index (Phi) is 8.23. The van der Waals surface area contributed by atoms with E-state index in [9.17, 15) is 9.59 Å². The molecular weight excluding hydrogens is 434 g/mol. The van der Waals surface area contributed by atoms with Crippen LogP contribution in [0.15, 0.2) is 24.3 Å². The molecule has 1 aliphatic heterocycles. The maximum atomic E-state index is 13.3. The summed E-state index contributed by atoms with van der Waals surface area (Å²) in [5, 5.41) is 0.0658. The fourth-order valence-electron chi connectivity index (χ4n) is 3.71. The molecule has 0 fully saturated rings. The maximum absolute atomic E-state index is 13.3. The van der Waals surface area contributed by atoms with E-state index < -0.39 is 19.9 Å². The van der Waals surface area contributed by atoms with Crippen molar-refractivity contribution >= 4 is 26.5 Å². The minimum absolute atomic E-state index is 0.0658. The van der Waals surface area contributed by atoms with Crippen molar-refractivity contribution in [3.8, 4) is 0 Å². The molecule has 1 aromatic carbocycles. The van der Waals surface area contributed by atoms with Crippen molar-refractivity contribution in [2.24, 2.45) is 0 Å². The van der Waals surface area contributed by atoms with Gasteiger partial charge in [-0.15, -0.1) is 0 Å². The number of rotatable bonds is 5. The number of ether oxygens (including phenoxy) is 2. The first-order valence-corrected chi connectivity index (χ1v) is 14.5. The van der Waals surface area contributed by atoms with E-state index >= 15 is 0 Å². The van der Waals surface area contributed by atoms with Gasteiger partial charge in [0.25, 0.3) is 0 Å². The van der Waals surface area contributed by atoms with Crippen molar-refractivity contribution in [1.82, 2.24) is 4.90 Å². The van der Waals surface area contributed by atoms with Crippen LogP contribution in [0, 0.1) is 0 Å². The van der Waals surface area contributed by atoms with Crippen LogP contribution in [0.3, 0.4) is 0 Å². The molecule has 1 aromatic rings. The Balaban J connectivity index is 2.46. The molecule has 0 aliphatic carbocycles. The van der Waals surface area contributed by atoms with Gasteiger partial charge in [-0.1, -0.05) is 39.0 Å². The van der Waals surface area contributed by atoms with Crippen molar-refractivity contribution < 1.29 is 23.5 Å². The molecule has 1 heterocycles. The van der Waals surface area contributed by atoms with Crippen LogP contribution in [0.2, 0.25) is 18.1 Å². The van der Waals surface area contributed by atoms with Crippen LogP contribution in [-0.4, -0.2) is 50.6 Å². The minimum atomic E-state index is -2.02. The Morgan fingerprint density at radius 3 is 2.33 bits per heavy atom. The highest BCUT2D eigenvalue weighted by molar-refractivity contribution is 6.74. The molecule has 0 radical (unpaired) electrons. The molecule has 0 saturated carbocycles. The Bertz CT molecular complexity index is 895. The highest BCUT2D eigenvalue weighted by atomic mass is 28.4. The van der Waals surface area contributed by atoms with Crippen LogP contribution in [0.1, 0.15) is 71.2 Å². The molecule has 33 heavy (non-hydrogen) atoms. The topological polar surface area (TPSA) is 65.1 Å². The number of carbonyl (C=O) groups is 2. The monoisotopic (exact) mass is 475 g/mol. The van der Waals surface area contributed by atoms with Gasteiger partial charge < -0.3 is 13.9 Å². The van der Waals surface area contributed by atoms with Gasteiger partial charge in [0.15, 0.2) is 8.32 Å². The summed E-state index contributed by atoms with van der Waals surface area (Å²) in [6, 6.07) is 5.61. The van der Waals surface area contributed by atoms with Gasteiger partial charge in [-0.25, -0.2) is 9.59 Å². The van der Waals surface area contributed by atoms with E-state index in [-0.39, 0.29) is 23.2 Å². The summed E-state index contributed by atoms with van der Waals surface area (Å²) < 4.78 is 17.1. The lowest BCUT2D eigenvalue weighted by atomic mass is 9.86. The number of esters is 1. The van der Waals surface area contributed by atoms with Crippen LogP contribution >= 0.6 is 0 Å². The van der Waals surface area contributed by atoms with Crippen molar-refractivity contribution in [1.29, 1.82) is 0 Å². The number of carbonyl (C=O) groups excluding carboxylic acids is 2. The summed E-state index contributed by atoms with van der Waals surface area (Å²) in [5.74, 6) is -0.398. The average molecular weight is 476 g/mol. The van der Waals surface area contributed by atoms with E-state index in [1.54, 1.807) is 6.08 Å². The molecule has 0 aromatic heterocycles. The molecular formula is C26H41NO5Si. The normalized spacial score (nSPS) is 19.4. The van der Waals surface area contributed by atoms with E-state index in [4.69, 9.17) is 13.9 Å². The predicted octanol–water partition coefficient (Wildman–Crippen LogP) is 6.12. The number of methoxy groups -OCH3 is 1. The molecule has 0 spiro atoms. The third-order valence-electron chi connectivity index (χ3n) is 6.60. The molecule has 0 saturated heterocycles. The molecule has 0 bridgehead atoms. The molecule has 0 N–H and O–H groups in total. The van der Waals surface area contributed by atoms with Gasteiger partial charge in [0.05, 0.1) is 25.8 Å². The molecule has 1 aliphatic rings. The quantitative estimate of drug-likeness (QED) is 0.292. The first-order valence-electron chi connectivity index (χ1n) is 11.6. The summed E-state index contributed by atoms with van der Waals surface area (Å²) in [7, 11) is -0.653. The Morgan fingerprint density at radius 2 is 1.79 bits per heavy atom. The number of fused-ring (bicyclic) bond motifs is 1. The van der Waals surface area contributed by atoms with Gasteiger partial charge in [0, 0.05) is 6.08 Å². The number of hydrogen-bond donors (Lipinski definition) is 0. The summed E-state index contributed by atoms with van der Waals surface area (Å²) in [5.41, 5.74) is 2.53. The third-order valence-corrected chi connectivity index (χ3v) is 11.1. The van der Waals surface area contributed by atoms with Gasteiger partial charge in [0.1, 0.15) is 5.60 Å². The standard InChI is InChI=1S/C26H41NO5Si/c1-18-21-13-11-12-19(14-15-23(28)30-8)22(21)16-20(17-31-33(9,10)26(5,6)7)27(18)24(29)32-25(2,3)4/h11-15,18,20H,16-17H2,1-10H3/t18-,20+/m0/s1. The fraction of sp³-hybridized carbons (Fsp3) is 0.615. The smallest absolute Gasteiger partial charge is 0.411 e. The second-order valence-electron chi connectivity index (χ2n) is 11.3. The van der Waals surface area contributed by atoms with Gasteiger partial charge in [-0.2, -0.15) is 0 Å². The fourth-order valence-corrected chi connectivity index (χ4v) is 4.76. The maximum Gasteiger partial charge on any atom is 0.411 e. The summed E-state index contributed by atoms with van der Waals surface area (Å²) >= 11 is 0. The third kappa shape index (κ3) is 6.70. The highest BCUT2D eigenvalue weighted by Gasteiger charge is 2.42. The second-order valence-corrected chi connectivity index (χ2v) is 16.1. The van der Waals surface area contributed by atoms with Crippen LogP contribution in [0.25, 0.3) is 6.08 Å². The van der Waals surface area contributed by atoms with Crippen molar-refractivity contribution in [2.45, 2.75) is 90.7 Å². The Hall–Kier alpha value is -2.12. The van der Waals surface area contributed by atoms with E-state index in [0.29, 0.717) is 13.0 Å². The van der Waals surface area contributed by atoms with E-state index in [1.807, 2.05) is 50.8 Å². The molecule has 184 valence electrons. The Morgan fingerprint density at radius 1 is 1.15 bits per heavy atom. The van der Waals surface area contributed by atoms with Crippen LogP contribution in [0.5, 0.6) is 0 Å². The largest absolute Gasteiger partial charge is 0.466 e. The zero-order valence-electron chi connectivity index (χ0n) is 21.9. The summed E-state index contributed by atoms with van der Waals surface area (Å²) in [6.45, 7) is 19.2. The van der Waals surface area contributed by atoms with Crippen LogP contribution in [-0.2, 0) is 25.1 Å². The number of amides is 1. The van der Waals surface area contributed by atoms with Crippen molar-refractivity contribution in [2.75, 3.05) is 13.7 Å². The molecule has 2 rings (SSSR count). The van der Waals surface area contributed by atoms with Crippen LogP contribution < -0.4 is 0 Å². The first-order chi connectivity index (χ1) is 15.1. The number of nitrogens with zero attached hydrogens (tertiary/aromatic N) is 1. The van der Waals surface area contributed by atoms with Crippen molar-refractivity contribution in [3.05, 3.63) is 41.0 Å². The Labute approximate surface area is 200 Å². The average Bonchev–Trinajstić information content (AvgIpc) is 2.68. The van der Waals surface area contributed by atoms with Gasteiger partial charge in [-0.05, 0) is 75.0 Å². The first kappa shape index (κ1) is 27.1. The zero-order valence-corrected chi connectivity index (χ0v) is 22.9. The highest BCUT2D eigenvalue weighted by Crippen LogP contribution is 2.39. The molecule has 2 atom stereocenters. The second kappa shape index (κ2) is 10.0. The summed E-state index contributed by atoms with van der Waals surface area (Å²) in [4.78, 5) is 26.8.